The molecule has 0 aliphatic carbocycles. The molecule has 1 aromatic rings. The lowest BCUT2D eigenvalue weighted by molar-refractivity contribution is -0.122. The van der Waals surface area contributed by atoms with E-state index in [1.54, 1.807) is 23.5 Å². The molecule has 2 N–H and O–H groups in total. The van der Waals surface area contributed by atoms with Crippen molar-refractivity contribution in [2.75, 3.05) is 23.0 Å². The van der Waals surface area contributed by atoms with Crippen LogP contribution >= 0.6 is 23.5 Å². The van der Waals surface area contributed by atoms with Gasteiger partial charge in [-0.05, 0) is 13.0 Å². The maximum atomic E-state index is 12.7. The highest BCUT2D eigenvalue weighted by Crippen LogP contribution is 2.59. The Kier molecular flexibility index (Phi) is 7.48. The Morgan fingerprint density at radius 1 is 1.22 bits per heavy atom. The van der Waals surface area contributed by atoms with Crippen LogP contribution in [0.25, 0.3) is 0 Å². The zero-order valence-electron chi connectivity index (χ0n) is 14.5. The largest absolute Gasteiger partial charge is 0.368 e. The molecule has 2 heterocycles. The minimum Gasteiger partial charge on any atom is -0.368 e. The molecule has 23 heavy (non-hydrogen) atoms. The molecule has 2 aliphatic heterocycles. The van der Waals surface area contributed by atoms with Gasteiger partial charge in [0.2, 0.25) is 5.91 Å². The molecule has 6 heteroatoms. The summed E-state index contributed by atoms with van der Waals surface area (Å²) in [7, 11) is 0. The highest BCUT2D eigenvalue weighted by Gasteiger charge is 2.54. The molecule has 128 valence electrons. The number of hydrogen-bond donors (Lipinski definition) is 1. The first-order valence-corrected chi connectivity index (χ1v) is 10.0. The summed E-state index contributed by atoms with van der Waals surface area (Å²) >= 11 is 3.32. The third-order valence-corrected chi connectivity index (χ3v) is 6.72. The lowest BCUT2D eigenvalue weighted by Gasteiger charge is -2.21. The predicted octanol–water partition coefficient (Wildman–Crippen LogP) is 3.51. The molecule has 0 atom stereocenters. The first-order valence-electron chi connectivity index (χ1n) is 8.04. The Balaban J connectivity index is 0.000000615. The van der Waals surface area contributed by atoms with Crippen molar-refractivity contribution < 1.29 is 9.59 Å². The van der Waals surface area contributed by atoms with E-state index in [1.807, 2.05) is 46.8 Å². The number of rotatable bonds is 2. The summed E-state index contributed by atoms with van der Waals surface area (Å²) in [5.41, 5.74) is 8.24. The van der Waals surface area contributed by atoms with Crippen molar-refractivity contribution in [3.05, 3.63) is 29.3 Å². The van der Waals surface area contributed by atoms with Crippen LogP contribution in [0.1, 0.15) is 38.8 Å². The van der Waals surface area contributed by atoms with E-state index in [9.17, 15) is 9.59 Å². The molecule has 0 saturated carbocycles. The quantitative estimate of drug-likeness (QED) is 0.883. The summed E-state index contributed by atoms with van der Waals surface area (Å²) in [4.78, 5) is 25.4. The normalized spacial score (nSPS) is 17.1. The molecule has 0 bridgehead atoms. The van der Waals surface area contributed by atoms with Crippen LogP contribution < -0.4 is 10.6 Å². The van der Waals surface area contributed by atoms with Gasteiger partial charge in [0.05, 0.1) is 5.69 Å². The fourth-order valence-corrected chi connectivity index (χ4v) is 5.74. The van der Waals surface area contributed by atoms with Gasteiger partial charge in [0, 0.05) is 17.1 Å². The standard InChI is InChI=1S/C13H14N2O2S2.2C2H6/c1-8-2-3-10-9(6-8)13(18-4-5-19-13)12(17)15(10)7-11(14)16;2*1-2/h2-3,6H,4-5,7H2,1H3,(H2,14,16);2*1-2H3. The van der Waals surface area contributed by atoms with Crippen LogP contribution in [0, 0.1) is 6.92 Å². The molecular weight excluding hydrogens is 328 g/mol. The number of benzene rings is 1. The maximum absolute atomic E-state index is 12.7. The van der Waals surface area contributed by atoms with Crippen molar-refractivity contribution in [3.63, 3.8) is 0 Å². The number of carbonyl (C=O) groups is 2. The molecule has 4 nitrogen and oxygen atoms in total. The van der Waals surface area contributed by atoms with Crippen molar-refractivity contribution in [2.24, 2.45) is 5.73 Å². The van der Waals surface area contributed by atoms with Crippen molar-refractivity contribution in [1.29, 1.82) is 0 Å². The SMILES string of the molecule is CC.CC.Cc1ccc2c(c1)C1(SCCS1)C(=O)N2CC(N)=O. The van der Waals surface area contributed by atoms with Crippen molar-refractivity contribution in [2.45, 2.75) is 38.7 Å². The predicted molar refractivity (Wildman–Crippen MR) is 102 cm³/mol. The lowest BCUT2D eigenvalue weighted by Crippen LogP contribution is -2.40. The summed E-state index contributed by atoms with van der Waals surface area (Å²) in [6.07, 6.45) is 0. The summed E-state index contributed by atoms with van der Waals surface area (Å²) in [5, 5.41) is 0. The minimum atomic E-state index is -0.559. The smallest absolute Gasteiger partial charge is 0.258 e. The molecule has 1 spiro atoms. The minimum absolute atomic E-state index is 0.0144. The van der Waals surface area contributed by atoms with E-state index in [-0.39, 0.29) is 12.5 Å². The van der Waals surface area contributed by atoms with E-state index < -0.39 is 9.99 Å². The number of fused-ring (bicyclic) bond motifs is 2. The van der Waals surface area contributed by atoms with Gasteiger partial charge < -0.3 is 10.6 Å². The average Bonchev–Trinajstić information content (AvgIpc) is 3.13. The van der Waals surface area contributed by atoms with Gasteiger partial charge in [0.15, 0.2) is 4.08 Å². The average molecular weight is 355 g/mol. The summed E-state index contributed by atoms with van der Waals surface area (Å²) in [5.74, 6) is 1.41. The highest BCUT2D eigenvalue weighted by molar-refractivity contribution is 8.21. The van der Waals surface area contributed by atoms with Crippen LogP contribution in [-0.2, 0) is 13.7 Å². The Morgan fingerprint density at radius 3 is 2.30 bits per heavy atom. The van der Waals surface area contributed by atoms with Gasteiger partial charge in [0.1, 0.15) is 6.54 Å². The van der Waals surface area contributed by atoms with E-state index in [0.717, 1.165) is 28.3 Å². The molecule has 2 amide bonds. The van der Waals surface area contributed by atoms with Gasteiger partial charge in [-0.2, -0.15) is 0 Å². The number of aryl methyl sites for hydroxylation is 1. The van der Waals surface area contributed by atoms with Gasteiger partial charge in [-0.3, -0.25) is 9.59 Å². The molecular formula is C17H26N2O2S2. The summed E-state index contributed by atoms with van der Waals surface area (Å²) in [6, 6.07) is 5.93. The zero-order chi connectivity index (χ0) is 17.6. The number of carbonyl (C=O) groups excluding carboxylic acids is 2. The Labute approximate surface area is 147 Å². The van der Waals surface area contributed by atoms with E-state index in [2.05, 4.69) is 6.07 Å². The van der Waals surface area contributed by atoms with Crippen LogP contribution in [0.2, 0.25) is 0 Å². The number of nitrogens with zero attached hydrogens (tertiary/aromatic N) is 1. The van der Waals surface area contributed by atoms with Crippen molar-refractivity contribution in [3.8, 4) is 0 Å². The van der Waals surface area contributed by atoms with Crippen LogP contribution in [0.15, 0.2) is 18.2 Å². The van der Waals surface area contributed by atoms with E-state index >= 15 is 0 Å². The van der Waals surface area contributed by atoms with Crippen LogP contribution in [0.4, 0.5) is 5.69 Å². The lowest BCUT2D eigenvalue weighted by atomic mass is 10.1. The van der Waals surface area contributed by atoms with Gasteiger partial charge in [-0.25, -0.2) is 0 Å². The van der Waals surface area contributed by atoms with E-state index in [1.165, 1.54) is 4.90 Å². The topological polar surface area (TPSA) is 63.4 Å². The molecule has 3 rings (SSSR count). The third kappa shape index (κ3) is 3.69. The number of primary amides is 1. The first kappa shape index (κ1) is 19.9. The zero-order valence-corrected chi connectivity index (χ0v) is 16.1. The second-order valence-electron chi connectivity index (χ2n) is 4.69. The van der Waals surface area contributed by atoms with Crippen LogP contribution in [0.3, 0.4) is 0 Å². The van der Waals surface area contributed by atoms with E-state index in [4.69, 9.17) is 5.73 Å². The fraction of sp³-hybridized carbons (Fsp3) is 0.529. The number of amides is 2. The first-order chi connectivity index (χ1) is 11.0. The second kappa shape index (κ2) is 8.64. The molecule has 0 aromatic heterocycles. The molecule has 0 unspecified atom stereocenters. The number of anilines is 1. The van der Waals surface area contributed by atoms with Gasteiger partial charge >= 0.3 is 0 Å². The molecule has 2 aliphatic rings. The highest BCUT2D eigenvalue weighted by atomic mass is 32.2. The molecule has 1 saturated heterocycles. The number of nitrogens with two attached hydrogens (primary N) is 1. The van der Waals surface area contributed by atoms with Gasteiger partial charge in [-0.1, -0.05) is 45.4 Å². The monoisotopic (exact) mass is 354 g/mol. The van der Waals surface area contributed by atoms with Crippen molar-refractivity contribution >= 4 is 41.0 Å². The maximum Gasteiger partial charge on any atom is 0.258 e. The Morgan fingerprint density at radius 2 is 1.78 bits per heavy atom. The van der Waals surface area contributed by atoms with Gasteiger partial charge in [0.25, 0.3) is 5.91 Å². The number of hydrogen-bond acceptors (Lipinski definition) is 4. The summed E-state index contributed by atoms with van der Waals surface area (Å²) < 4.78 is -0.559. The Hall–Kier alpha value is -1.14. The van der Waals surface area contributed by atoms with E-state index in [0.29, 0.717) is 0 Å². The molecule has 1 fully saturated rings. The van der Waals surface area contributed by atoms with Crippen LogP contribution in [0.5, 0.6) is 0 Å². The second-order valence-corrected chi connectivity index (χ2v) is 7.57. The van der Waals surface area contributed by atoms with Crippen LogP contribution in [-0.4, -0.2) is 29.9 Å². The fourth-order valence-electron chi connectivity index (χ4n) is 2.56. The van der Waals surface area contributed by atoms with Gasteiger partial charge in [-0.15, -0.1) is 23.5 Å². The third-order valence-electron chi connectivity index (χ3n) is 3.33. The number of thioether (sulfide) groups is 2. The Bertz CT molecular complexity index is 570. The molecule has 1 aromatic carbocycles. The summed E-state index contributed by atoms with van der Waals surface area (Å²) in [6.45, 7) is 9.97. The van der Waals surface area contributed by atoms with Crippen molar-refractivity contribution in [1.82, 2.24) is 0 Å². The molecule has 0 radical (unpaired) electrons.